The number of nitrogens with zero attached hydrogens (tertiary/aromatic N) is 1. The minimum Gasteiger partial charge on any atom is -0.310 e. The molecule has 2 aliphatic heterocycles. The maximum absolute atomic E-state index is 2.60. The average molecular weight is 942 g/mol. The van der Waals surface area contributed by atoms with Crippen LogP contribution in [0.5, 0.6) is 0 Å². The van der Waals surface area contributed by atoms with Crippen LogP contribution >= 0.6 is 34.9 Å². The Morgan fingerprint density at radius 1 is 0.300 bits per heavy atom. The SMILES string of the molecule is c1ccc2c(c1)Sc1ccc(N(c3ccc4c(c3)C3(c5ccccc5S4)c4ccccc4-c4ccccc43)c3cccc4sc5cc6ccccc6cc5c34)cc1C21c2ccccc2-c2ccccc21. The van der Waals surface area contributed by atoms with Crippen molar-refractivity contribution in [3.05, 3.63) is 281 Å². The van der Waals surface area contributed by atoms with Crippen molar-refractivity contribution < 1.29 is 0 Å². The largest absolute Gasteiger partial charge is 0.310 e. The van der Waals surface area contributed by atoms with Gasteiger partial charge >= 0.3 is 0 Å². The zero-order valence-electron chi connectivity index (χ0n) is 37.7. The Hall–Kier alpha value is -7.60. The topological polar surface area (TPSA) is 3.24 Å². The second-order valence-electron chi connectivity index (χ2n) is 19.0. The predicted octanol–water partition coefficient (Wildman–Crippen LogP) is 18.3. The van der Waals surface area contributed by atoms with Crippen molar-refractivity contribution in [3.63, 3.8) is 0 Å². The van der Waals surface area contributed by atoms with Gasteiger partial charge in [0.05, 0.1) is 16.5 Å². The van der Waals surface area contributed by atoms with E-state index in [4.69, 9.17) is 0 Å². The van der Waals surface area contributed by atoms with Gasteiger partial charge in [0.15, 0.2) is 0 Å². The zero-order chi connectivity index (χ0) is 45.7. The summed E-state index contributed by atoms with van der Waals surface area (Å²) in [6, 6.07) is 90.1. The van der Waals surface area contributed by atoms with Crippen LogP contribution in [-0.2, 0) is 10.8 Å². The first kappa shape index (κ1) is 39.3. The quantitative estimate of drug-likeness (QED) is 0.174. The number of hydrogen-bond acceptors (Lipinski definition) is 4. The van der Waals surface area contributed by atoms with E-state index in [-0.39, 0.29) is 0 Å². The molecule has 0 bridgehead atoms. The molecule has 0 amide bonds. The first-order chi connectivity index (χ1) is 34.7. The maximum atomic E-state index is 2.60. The number of anilines is 3. The van der Waals surface area contributed by atoms with Crippen molar-refractivity contribution >= 4 is 82.9 Å². The lowest BCUT2D eigenvalue weighted by Crippen LogP contribution is -2.32. The highest BCUT2D eigenvalue weighted by Crippen LogP contribution is 2.65. The third-order valence-electron chi connectivity index (χ3n) is 15.8. The molecule has 1 aromatic heterocycles. The van der Waals surface area contributed by atoms with Gasteiger partial charge < -0.3 is 4.90 Å². The van der Waals surface area contributed by atoms with Gasteiger partial charge in [-0.1, -0.05) is 187 Å². The summed E-state index contributed by atoms with van der Waals surface area (Å²) in [6.07, 6.45) is 0. The molecular formula is C66H39NS3. The van der Waals surface area contributed by atoms with Crippen molar-refractivity contribution in [1.82, 2.24) is 0 Å². The van der Waals surface area contributed by atoms with Crippen LogP contribution in [0.1, 0.15) is 44.5 Å². The summed E-state index contributed by atoms with van der Waals surface area (Å²) in [5.41, 5.74) is 18.4. The first-order valence-corrected chi connectivity index (χ1v) is 26.5. The Balaban J connectivity index is 1.01. The summed E-state index contributed by atoms with van der Waals surface area (Å²) in [5, 5.41) is 5.09. The monoisotopic (exact) mass is 941 g/mol. The van der Waals surface area contributed by atoms with E-state index in [1.165, 1.54) is 123 Å². The lowest BCUT2D eigenvalue weighted by atomic mass is 9.67. The Morgan fingerprint density at radius 2 is 0.714 bits per heavy atom. The van der Waals surface area contributed by atoms with Gasteiger partial charge in [0.2, 0.25) is 0 Å². The molecule has 0 saturated heterocycles. The smallest absolute Gasteiger partial charge is 0.0736 e. The molecule has 70 heavy (non-hydrogen) atoms. The van der Waals surface area contributed by atoms with Crippen molar-refractivity contribution in [2.24, 2.45) is 0 Å². The minimum atomic E-state index is -0.510. The number of rotatable bonds is 3. The van der Waals surface area contributed by atoms with Crippen molar-refractivity contribution in [3.8, 4) is 22.3 Å². The normalized spacial score (nSPS) is 14.7. The molecule has 0 atom stereocenters. The lowest BCUT2D eigenvalue weighted by Gasteiger charge is -2.41. The standard InChI is InChI=1S/C66H39NS3/c1-2-17-41-37-63-48(36-40(41)16-1)64-57(28-15-31-62(64)70-63)67(42-32-34-60-55(38-42)65(53-26-11-13-29-58(53)68-60)49-22-7-3-18-44(49)45-19-4-8-23-50(45)65)43-33-35-61-56(39-43)66(54-27-12-14-30-59(54)69-61)51-24-9-5-20-46(51)47-21-6-10-25-52(47)66/h1-39H. The molecule has 4 aliphatic rings. The summed E-state index contributed by atoms with van der Waals surface area (Å²) in [7, 11) is 0. The average Bonchev–Trinajstić information content (AvgIpc) is 4.04. The number of benzene rings is 11. The predicted molar refractivity (Wildman–Crippen MR) is 294 cm³/mol. The third kappa shape index (κ3) is 5.05. The van der Waals surface area contributed by atoms with Gasteiger partial charge in [-0.2, -0.15) is 0 Å². The van der Waals surface area contributed by atoms with Crippen LogP contribution in [-0.4, -0.2) is 0 Å². The summed E-state index contributed by atoms with van der Waals surface area (Å²) >= 11 is 5.70. The van der Waals surface area contributed by atoms with E-state index in [1.807, 2.05) is 34.9 Å². The number of thiophene rings is 1. The molecule has 2 aliphatic carbocycles. The van der Waals surface area contributed by atoms with E-state index in [1.54, 1.807) is 0 Å². The molecular weight excluding hydrogens is 903 g/mol. The highest BCUT2D eigenvalue weighted by molar-refractivity contribution is 7.99. The molecule has 4 heteroatoms. The number of fused-ring (bicyclic) bond motifs is 22. The van der Waals surface area contributed by atoms with Crippen LogP contribution in [0.25, 0.3) is 53.2 Å². The van der Waals surface area contributed by atoms with E-state index >= 15 is 0 Å². The van der Waals surface area contributed by atoms with Gasteiger partial charge in [0.1, 0.15) is 0 Å². The molecule has 3 heterocycles. The molecule has 326 valence electrons. The van der Waals surface area contributed by atoms with Gasteiger partial charge in [-0.25, -0.2) is 0 Å². The van der Waals surface area contributed by atoms with Crippen molar-refractivity contribution in [2.75, 3.05) is 4.90 Å². The minimum absolute atomic E-state index is 0.510. The van der Waals surface area contributed by atoms with Crippen LogP contribution in [0.3, 0.4) is 0 Å². The number of hydrogen-bond donors (Lipinski definition) is 0. The van der Waals surface area contributed by atoms with Crippen LogP contribution < -0.4 is 4.90 Å². The van der Waals surface area contributed by atoms with Crippen molar-refractivity contribution in [2.45, 2.75) is 30.4 Å². The van der Waals surface area contributed by atoms with E-state index in [9.17, 15) is 0 Å². The summed E-state index contributed by atoms with van der Waals surface area (Å²) < 4.78 is 2.58. The molecule has 0 N–H and O–H groups in total. The maximum Gasteiger partial charge on any atom is 0.0736 e. The van der Waals surface area contributed by atoms with Crippen molar-refractivity contribution in [1.29, 1.82) is 0 Å². The van der Waals surface area contributed by atoms with Crippen LogP contribution in [0.4, 0.5) is 17.1 Å². The second kappa shape index (κ2) is 14.5. The highest BCUT2D eigenvalue weighted by Gasteiger charge is 2.52. The molecule has 0 fully saturated rings. The Labute approximate surface area is 418 Å². The Kier molecular flexibility index (Phi) is 8.12. The van der Waals surface area contributed by atoms with Gasteiger partial charge in [-0.3, -0.25) is 0 Å². The molecule has 2 spiro atoms. The molecule has 0 radical (unpaired) electrons. The Bertz CT molecular complexity index is 3950. The summed E-state index contributed by atoms with van der Waals surface area (Å²) in [5.74, 6) is 0. The lowest BCUT2D eigenvalue weighted by molar-refractivity contribution is 0.721. The molecule has 1 nitrogen and oxygen atoms in total. The molecule has 12 aromatic rings. The highest BCUT2D eigenvalue weighted by atomic mass is 32.2. The molecule has 16 rings (SSSR count). The zero-order valence-corrected chi connectivity index (χ0v) is 40.1. The van der Waals surface area contributed by atoms with E-state index < -0.39 is 10.8 Å². The summed E-state index contributed by atoms with van der Waals surface area (Å²) in [4.78, 5) is 7.79. The fourth-order valence-electron chi connectivity index (χ4n) is 13.1. The van der Waals surface area contributed by atoms with E-state index in [0.717, 1.165) is 11.4 Å². The van der Waals surface area contributed by atoms with Crippen LogP contribution in [0.15, 0.2) is 256 Å². The molecule has 0 saturated carbocycles. The van der Waals surface area contributed by atoms with Gasteiger partial charge in [0.25, 0.3) is 0 Å². The fraction of sp³-hybridized carbons (Fsp3) is 0.0303. The third-order valence-corrected chi connectivity index (χ3v) is 19.2. The van der Waals surface area contributed by atoms with Crippen LogP contribution in [0, 0.1) is 0 Å². The first-order valence-electron chi connectivity index (χ1n) is 24.1. The van der Waals surface area contributed by atoms with Gasteiger partial charge in [-0.05, 0) is 150 Å². The molecule has 0 unspecified atom stereocenters. The molecule has 11 aromatic carbocycles. The second-order valence-corrected chi connectivity index (χ2v) is 22.3. The van der Waals surface area contributed by atoms with E-state index in [2.05, 4.69) is 241 Å². The Morgan fingerprint density at radius 3 is 1.21 bits per heavy atom. The van der Waals surface area contributed by atoms with Gasteiger partial charge in [0, 0.05) is 51.1 Å². The van der Waals surface area contributed by atoms with E-state index in [0.29, 0.717) is 0 Å². The summed E-state index contributed by atoms with van der Waals surface area (Å²) in [6.45, 7) is 0. The van der Waals surface area contributed by atoms with Crippen LogP contribution in [0.2, 0.25) is 0 Å². The van der Waals surface area contributed by atoms with Gasteiger partial charge in [-0.15, -0.1) is 11.3 Å². The fourth-order valence-corrected chi connectivity index (χ4v) is 16.6.